The van der Waals surface area contributed by atoms with E-state index in [9.17, 15) is 4.79 Å². The number of carbonyl (C=O) groups is 1. The van der Waals surface area contributed by atoms with Gasteiger partial charge in [0, 0.05) is 30.8 Å². The summed E-state index contributed by atoms with van der Waals surface area (Å²) >= 11 is 0. The molecular formula is C15H20N2O2. The van der Waals surface area contributed by atoms with Crippen LogP contribution in [0.15, 0.2) is 30.3 Å². The van der Waals surface area contributed by atoms with Gasteiger partial charge < -0.3 is 15.8 Å². The first kappa shape index (κ1) is 13.6. The van der Waals surface area contributed by atoms with Gasteiger partial charge in [-0.3, -0.25) is 4.79 Å². The molecule has 2 rings (SSSR count). The average Bonchev–Trinajstić information content (AvgIpc) is 2.81. The summed E-state index contributed by atoms with van der Waals surface area (Å²) < 4.78 is 5.46. The van der Waals surface area contributed by atoms with Crippen LogP contribution in [0.2, 0.25) is 0 Å². The fourth-order valence-electron chi connectivity index (χ4n) is 2.11. The lowest BCUT2D eigenvalue weighted by atomic mass is 10.0. The third kappa shape index (κ3) is 4.10. The molecule has 0 radical (unpaired) electrons. The van der Waals surface area contributed by atoms with E-state index in [2.05, 4.69) is 5.32 Å². The molecule has 1 aromatic carbocycles. The topological polar surface area (TPSA) is 64.3 Å². The molecular weight excluding hydrogens is 240 g/mol. The predicted octanol–water partition coefficient (Wildman–Crippen LogP) is 1.82. The molecule has 2 atom stereocenters. The van der Waals surface area contributed by atoms with Gasteiger partial charge in [0.2, 0.25) is 5.91 Å². The Balaban J connectivity index is 1.79. The number of rotatable bonds is 4. The maximum absolute atomic E-state index is 11.7. The summed E-state index contributed by atoms with van der Waals surface area (Å²) in [6.45, 7) is 3.52. The smallest absolute Gasteiger partial charge is 0.244 e. The summed E-state index contributed by atoms with van der Waals surface area (Å²) in [5.41, 5.74) is 7.28. The molecule has 2 unspecified atom stereocenters. The Morgan fingerprint density at radius 3 is 2.84 bits per heavy atom. The molecule has 4 nitrogen and oxygen atoms in total. The number of anilines is 1. The molecule has 0 bridgehead atoms. The van der Waals surface area contributed by atoms with Crippen molar-refractivity contribution in [3.05, 3.63) is 35.9 Å². The number of hydrogen-bond acceptors (Lipinski definition) is 3. The van der Waals surface area contributed by atoms with Crippen molar-refractivity contribution >= 4 is 17.7 Å². The summed E-state index contributed by atoms with van der Waals surface area (Å²) in [7, 11) is 0. The Morgan fingerprint density at radius 2 is 2.21 bits per heavy atom. The van der Waals surface area contributed by atoms with E-state index in [-0.39, 0.29) is 12.0 Å². The van der Waals surface area contributed by atoms with Gasteiger partial charge >= 0.3 is 0 Å². The van der Waals surface area contributed by atoms with E-state index in [1.165, 1.54) is 0 Å². The van der Waals surface area contributed by atoms with Gasteiger partial charge in [-0.1, -0.05) is 12.1 Å². The molecule has 19 heavy (non-hydrogen) atoms. The van der Waals surface area contributed by atoms with Gasteiger partial charge in [-0.05, 0) is 37.1 Å². The van der Waals surface area contributed by atoms with Gasteiger partial charge in [0.05, 0.1) is 6.10 Å². The second kappa shape index (κ2) is 6.38. The Morgan fingerprint density at radius 1 is 1.47 bits per heavy atom. The number of amides is 1. The fraction of sp³-hybridized carbons (Fsp3) is 0.400. The van der Waals surface area contributed by atoms with Crippen molar-refractivity contribution in [1.29, 1.82) is 0 Å². The molecule has 4 heteroatoms. The number of nitrogens with two attached hydrogens (primary N) is 1. The van der Waals surface area contributed by atoms with Crippen LogP contribution >= 0.6 is 0 Å². The highest BCUT2D eigenvalue weighted by Crippen LogP contribution is 2.19. The summed E-state index contributed by atoms with van der Waals surface area (Å²) in [6, 6.07) is 7.39. The van der Waals surface area contributed by atoms with Gasteiger partial charge in [-0.25, -0.2) is 0 Å². The zero-order valence-corrected chi connectivity index (χ0v) is 11.1. The van der Waals surface area contributed by atoms with Gasteiger partial charge in [-0.15, -0.1) is 0 Å². The SMILES string of the molecule is CC1OCCC1CNC(=O)/C=C/c1ccc(N)cc1. The molecule has 0 spiro atoms. The van der Waals surface area contributed by atoms with Crippen LogP contribution in [0, 0.1) is 5.92 Å². The monoisotopic (exact) mass is 260 g/mol. The van der Waals surface area contributed by atoms with Crippen LogP contribution in [0.3, 0.4) is 0 Å². The molecule has 1 fully saturated rings. The summed E-state index contributed by atoms with van der Waals surface area (Å²) in [5.74, 6) is 0.352. The predicted molar refractivity (Wildman–Crippen MR) is 76.4 cm³/mol. The highest BCUT2D eigenvalue weighted by molar-refractivity contribution is 5.91. The third-order valence-corrected chi connectivity index (χ3v) is 3.44. The van der Waals surface area contributed by atoms with Crippen molar-refractivity contribution in [2.45, 2.75) is 19.4 Å². The molecule has 0 aromatic heterocycles. The van der Waals surface area contributed by atoms with E-state index in [4.69, 9.17) is 10.5 Å². The normalized spacial score (nSPS) is 22.8. The Hall–Kier alpha value is -1.81. The van der Waals surface area contributed by atoms with E-state index in [1.54, 1.807) is 12.2 Å². The summed E-state index contributed by atoms with van der Waals surface area (Å²) in [6.07, 6.45) is 4.58. The van der Waals surface area contributed by atoms with E-state index in [0.29, 0.717) is 12.5 Å². The quantitative estimate of drug-likeness (QED) is 0.641. The van der Waals surface area contributed by atoms with Crippen molar-refractivity contribution in [3.8, 4) is 0 Å². The second-order valence-electron chi connectivity index (χ2n) is 4.87. The zero-order chi connectivity index (χ0) is 13.7. The maximum Gasteiger partial charge on any atom is 0.244 e. The molecule has 1 aromatic rings. The molecule has 1 amide bonds. The van der Waals surface area contributed by atoms with Crippen molar-refractivity contribution in [3.63, 3.8) is 0 Å². The average molecular weight is 260 g/mol. The number of carbonyl (C=O) groups excluding carboxylic acids is 1. The van der Waals surface area contributed by atoms with E-state index in [0.717, 1.165) is 24.3 Å². The number of ether oxygens (including phenoxy) is 1. The fourth-order valence-corrected chi connectivity index (χ4v) is 2.11. The maximum atomic E-state index is 11.7. The third-order valence-electron chi connectivity index (χ3n) is 3.44. The van der Waals surface area contributed by atoms with Crippen molar-refractivity contribution in [1.82, 2.24) is 5.32 Å². The number of benzene rings is 1. The minimum absolute atomic E-state index is 0.0732. The lowest BCUT2D eigenvalue weighted by molar-refractivity contribution is -0.116. The first-order valence-electron chi connectivity index (χ1n) is 6.58. The molecule has 102 valence electrons. The van der Waals surface area contributed by atoms with Gasteiger partial charge in [-0.2, -0.15) is 0 Å². The van der Waals surface area contributed by atoms with E-state index < -0.39 is 0 Å². The lowest BCUT2D eigenvalue weighted by Gasteiger charge is -2.13. The highest BCUT2D eigenvalue weighted by atomic mass is 16.5. The van der Waals surface area contributed by atoms with Crippen LogP contribution in [0.1, 0.15) is 18.9 Å². The number of nitrogen functional groups attached to an aromatic ring is 1. The van der Waals surface area contributed by atoms with Crippen LogP contribution < -0.4 is 11.1 Å². The van der Waals surface area contributed by atoms with Crippen molar-refractivity contribution in [2.75, 3.05) is 18.9 Å². The first-order chi connectivity index (χ1) is 9.15. The van der Waals surface area contributed by atoms with Crippen LogP contribution in [0.5, 0.6) is 0 Å². The molecule has 1 saturated heterocycles. The Bertz CT molecular complexity index is 454. The molecule has 0 aliphatic carbocycles. The van der Waals surface area contributed by atoms with Crippen molar-refractivity contribution in [2.24, 2.45) is 5.92 Å². The second-order valence-corrected chi connectivity index (χ2v) is 4.87. The first-order valence-corrected chi connectivity index (χ1v) is 6.58. The van der Waals surface area contributed by atoms with E-state index in [1.807, 2.05) is 31.2 Å². The molecule has 1 heterocycles. The Labute approximate surface area is 113 Å². The van der Waals surface area contributed by atoms with Gasteiger partial charge in [0.25, 0.3) is 0 Å². The van der Waals surface area contributed by atoms with Crippen LogP contribution in [-0.4, -0.2) is 25.2 Å². The van der Waals surface area contributed by atoms with Crippen LogP contribution in [0.25, 0.3) is 6.08 Å². The number of hydrogen-bond donors (Lipinski definition) is 2. The van der Waals surface area contributed by atoms with E-state index >= 15 is 0 Å². The highest BCUT2D eigenvalue weighted by Gasteiger charge is 2.23. The molecule has 0 saturated carbocycles. The molecule has 1 aliphatic rings. The minimum atomic E-state index is -0.0732. The Kier molecular flexibility index (Phi) is 4.58. The van der Waals surface area contributed by atoms with Gasteiger partial charge in [0.1, 0.15) is 0 Å². The largest absolute Gasteiger partial charge is 0.399 e. The summed E-state index contributed by atoms with van der Waals surface area (Å²) in [4.78, 5) is 11.7. The van der Waals surface area contributed by atoms with Crippen LogP contribution in [0.4, 0.5) is 5.69 Å². The number of nitrogens with one attached hydrogen (secondary N) is 1. The lowest BCUT2D eigenvalue weighted by Crippen LogP contribution is -2.30. The molecule has 1 aliphatic heterocycles. The summed E-state index contributed by atoms with van der Waals surface area (Å²) in [5, 5.41) is 2.91. The minimum Gasteiger partial charge on any atom is -0.399 e. The van der Waals surface area contributed by atoms with Crippen LogP contribution in [-0.2, 0) is 9.53 Å². The standard InChI is InChI=1S/C15H20N2O2/c1-11-13(8-9-19-11)10-17-15(18)7-4-12-2-5-14(16)6-3-12/h2-7,11,13H,8-10,16H2,1H3,(H,17,18)/b7-4+. The van der Waals surface area contributed by atoms with Crippen molar-refractivity contribution < 1.29 is 9.53 Å². The van der Waals surface area contributed by atoms with Gasteiger partial charge in [0.15, 0.2) is 0 Å². The zero-order valence-electron chi connectivity index (χ0n) is 11.1. The molecule has 3 N–H and O–H groups in total.